The maximum Gasteiger partial charge on any atom is 0.0705 e. The van der Waals surface area contributed by atoms with Crippen molar-refractivity contribution >= 4 is 10.9 Å². The summed E-state index contributed by atoms with van der Waals surface area (Å²) in [6.45, 7) is 2.06. The van der Waals surface area contributed by atoms with E-state index in [9.17, 15) is 5.11 Å². The molecular formula is C19H19NO. The van der Waals surface area contributed by atoms with Crippen LogP contribution in [0.25, 0.3) is 10.9 Å². The Kier molecular flexibility index (Phi) is 3.98. The smallest absolute Gasteiger partial charge is 0.0705 e. The highest BCUT2D eigenvalue weighted by molar-refractivity contribution is 5.78. The zero-order valence-corrected chi connectivity index (χ0v) is 12.1. The van der Waals surface area contributed by atoms with Crippen molar-refractivity contribution in [2.24, 2.45) is 0 Å². The summed E-state index contributed by atoms with van der Waals surface area (Å²) in [6.07, 6.45) is 0.141. The van der Waals surface area contributed by atoms with E-state index in [1.165, 1.54) is 0 Å². The minimum absolute atomic E-state index is 0.0967. The highest BCUT2D eigenvalue weighted by Gasteiger charge is 2.17. The quantitative estimate of drug-likeness (QED) is 0.783. The predicted molar refractivity (Wildman–Crippen MR) is 86.3 cm³/mol. The molecule has 0 saturated heterocycles. The molecule has 0 fully saturated rings. The van der Waals surface area contributed by atoms with Gasteiger partial charge in [0.25, 0.3) is 0 Å². The van der Waals surface area contributed by atoms with Crippen molar-refractivity contribution in [1.82, 2.24) is 4.98 Å². The fourth-order valence-corrected chi connectivity index (χ4v) is 2.59. The second-order valence-corrected chi connectivity index (χ2v) is 5.47. The van der Waals surface area contributed by atoms with Gasteiger partial charge in [-0.2, -0.15) is 0 Å². The van der Waals surface area contributed by atoms with Crippen LogP contribution in [-0.2, 0) is 6.42 Å². The van der Waals surface area contributed by atoms with Gasteiger partial charge in [-0.3, -0.25) is 4.98 Å². The lowest BCUT2D eigenvalue weighted by Gasteiger charge is -2.19. The van der Waals surface area contributed by atoms with Crippen LogP contribution in [0.4, 0.5) is 0 Å². The third-order valence-electron chi connectivity index (χ3n) is 3.98. The Balaban J connectivity index is 1.78. The van der Waals surface area contributed by atoms with E-state index in [0.717, 1.165) is 22.2 Å². The van der Waals surface area contributed by atoms with E-state index < -0.39 is 6.10 Å². The van der Waals surface area contributed by atoms with Crippen LogP contribution in [0.1, 0.15) is 24.1 Å². The van der Waals surface area contributed by atoms with E-state index in [1.807, 2.05) is 42.5 Å². The van der Waals surface area contributed by atoms with Crippen molar-refractivity contribution in [2.75, 3.05) is 0 Å². The second kappa shape index (κ2) is 6.06. The van der Waals surface area contributed by atoms with Gasteiger partial charge >= 0.3 is 0 Å². The van der Waals surface area contributed by atoms with Crippen molar-refractivity contribution in [1.29, 1.82) is 0 Å². The Morgan fingerprint density at radius 3 is 2.43 bits per heavy atom. The molecule has 0 amide bonds. The number of fused-ring (bicyclic) bond motifs is 1. The number of hydrogen-bond acceptors (Lipinski definition) is 2. The zero-order valence-electron chi connectivity index (χ0n) is 12.1. The summed E-state index contributed by atoms with van der Waals surface area (Å²) in [5.74, 6) is 0.0967. The maximum atomic E-state index is 10.5. The average molecular weight is 277 g/mol. The Hall–Kier alpha value is -2.19. The molecule has 0 aliphatic rings. The topological polar surface area (TPSA) is 33.1 Å². The largest absolute Gasteiger partial charge is 0.392 e. The van der Waals surface area contributed by atoms with Gasteiger partial charge in [-0.25, -0.2) is 0 Å². The monoisotopic (exact) mass is 277 g/mol. The zero-order chi connectivity index (χ0) is 14.7. The molecule has 0 aliphatic heterocycles. The van der Waals surface area contributed by atoms with Gasteiger partial charge in [0.2, 0.25) is 0 Å². The third-order valence-corrected chi connectivity index (χ3v) is 3.98. The molecule has 106 valence electrons. The fourth-order valence-electron chi connectivity index (χ4n) is 2.59. The summed E-state index contributed by atoms with van der Waals surface area (Å²) >= 11 is 0. The summed E-state index contributed by atoms with van der Waals surface area (Å²) in [5.41, 5.74) is 3.07. The molecule has 0 aliphatic carbocycles. The van der Waals surface area contributed by atoms with Crippen LogP contribution in [0, 0.1) is 0 Å². The number of para-hydroxylation sites is 1. The Labute approximate surface area is 125 Å². The summed E-state index contributed by atoms with van der Waals surface area (Å²) in [7, 11) is 0. The van der Waals surface area contributed by atoms with Crippen molar-refractivity contribution < 1.29 is 5.11 Å². The molecule has 3 rings (SSSR count). The number of hydrogen-bond donors (Lipinski definition) is 1. The van der Waals surface area contributed by atoms with Crippen LogP contribution in [0.5, 0.6) is 0 Å². The molecule has 2 nitrogen and oxygen atoms in total. The lowest BCUT2D eigenvalue weighted by molar-refractivity contribution is 0.148. The van der Waals surface area contributed by atoms with Crippen molar-refractivity contribution in [3.63, 3.8) is 0 Å². The van der Waals surface area contributed by atoms with Crippen molar-refractivity contribution in [3.8, 4) is 0 Å². The van der Waals surface area contributed by atoms with Gasteiger partial charge in [0.05, 0.1) is 11.6 Å². The molecule has 1 N–H and O–H groups in total. The third kappa shape index (κ3) is 3.11. The van der Waals surface area contributed by atoms with E-state index in [2.05, 4.69) is 36.2 Å². The SMILES string of the molecule is CC(c1ccccc1)C(O)Cc1ccc2ccccc2n1. The second-order valence-electron chi connectivity index (χ2n) is 5.47. The van der Waals surface area contributed by atoms with Crippen LogP contribution in [0.3, 0.4) is 0 Å². The Morgan fingerprint density at radius 1 is 0.905 bits per heavy atom. The van der Waals surface area contributed by atoms with Gasteiger partial charge in [0.15, 0.2) is 0 Å². The first kappa shape index (κ1) is 13.8. The van der Waals surface area contributed by atoms with Crippen molar-refractivity contribution in [2.45, 2.75) is 25.4 Å². The molecule has 0 spiro atoms. The molecule has 2 aromatic carbocycles. The molecule has 1 aromatic heterocycles. The first-order valence-electron chi connectivity index (χ1n) is 7.32. The van der Waals surface area contributed by atoms with Crippen LogP contribution < -0.4 is 0 Å². The van der Waals surface area contributed by atoms with Gasteiger partial charge in [0.1, 0.15) is 0 Å². The lowest BCUT2D eigenvalue weighted by Crippen LogP contribution is -2.19. The molecular weight excluding hydrogens is 258 g/mol. The highest BCUT2D eigenvalue weighted by Crippen LogP contribution is 2.22. The van der Waals surface area contributed by atoms with Crippen molar-refractivity contribution in [3.05, 3.63) is 78.0 Å². The van der Waals surface area contributed by atoms with Crippen LogP contribution in [0.2, 0.25) is 0 Å². The molecule has 3 aromatic rings. The summed E-state index contributed by atoms with van der Waals surface area (Å²) < 4.78 is 0. The first-order chi connectivity index (χ1) is 10.2. The van der Waals surface area contributed by atoms with E-state index in [-0.39, 0.29) is 5.92 Å². The molecule has 2 atom stereocenters. The van der Waals surface area contributed by atoms with Crippen LogP contribution in [0.15, 0.2) is 66.7 Å². The maximum absolute atomic E-state index is 10.5. The Morgan fingerprint density at radius 2 is 1.62 bits per heavy atom. The van der Waals surface area contributed by atoms with Crippen LogP contribution in [-0.4, -0.2) is 16.2 Å². The summed E-state index contributed by atoms with van der Waals surface area (Å²) in [4.78, 5) is 4.63. The molecule has 0 bridgehead atoms. The standard InChI is InChI=1S/C19H19NO/c1-14(15-7-3-2-4-8-15)19(21)13-17-12-11-16-9-5-6-10-18(16)20-17/h2-12,14,19,21H,13H2,1H3. The van der Waals surface area contributed by atoms with E-state index >= 15 is 0 Å². The van der Waals surface area contributed by atoms with Crippen LogP contribution >= 0.6 is 0 Å². The van der Waals surface area contributed by atoms with Gasteiger partial charge in [0, 0.05) is 23.4 Å². The van der Waals surface area contributed by atoms with E-state index in [0.29, 0.717) is 6.42 Å². The number of aliphatic hydroxyl groups is 1. The normalized spacial score (nSPS) is 14.0. The van der Waals surface area contributed by atoms with E-state index in [4.69, 9.17) is 0 Å². The molecule has 0 saturated carbocycles. The molecule has 21 heavy (non-hydrogen) atoms. The van der Waals surface area contributed by atoms with Gasteiger partial charge < -0.3 is 5.11 Å². The number of rotatable bonds is 4. The minimum Gasteiger partial charge on any atom is -0.392 e. The number of benzene rings is 2. The van der Waals surface area contributed by atoms with Gasteiger partial charge in [-0.15, -0.1) is 0 Å². The molecule has 1 heterocycles. The minimum atomic E-state index is -0.430. The first-order valence-corrected chi connectivity index (χ1v) is 7.32. The predicted octanol–water partition coefficient (Wildman–Crippen LogP) is 3.94. The average Bonchev–Trinajstić information content (AvgIpc) is 2.55. The number of nitrogens with zero attached hydrogens (tertiary/aromatic N) is 1. The molecule has 2 unspecified atom stereocenters. The van der Waals surface area contributed by atoms with Gasteiger partial charge in [-0.1, -0.05) is 61.5 Å². The fraction of sp³-hybridized carbons (Fsp3) is 0.211. The summed E-state index contributed by atoms with van der Waals surface area (Å²) in [6, 6.07) is 22.2. The molecule has 2 heteroatoms. The molecule has 0 radical (unpaired) electrons. The number of aromatic nitrogens is 1. The van der Waals surface area contributed by atoms with E-state index in [1.54, 1.807) is 0 Å². The number of pyridine rings is 1. The highest BCUT2D eigenvalue weighted by atomic mass is 16.3. The Bertz CT molecular complexity index is 724. The summed E-state index contributed by atoms with van der Waals surface area (Å²) in [5, 5.41) is 11.6. The number of aliphatic hydroxyl groups excluding tert-OH is 1. The van der Waals surface area contributed by atoms with Gasteiger partial charge in [-0.05, 0) is 17.7 Å². The lowest BCUT2D eigenvalue weighted by atomic mass is 9.92.